The summed E-state index contributed by atoms with van der Waals surface area (Å²) in [4.78, 5) is 0. The lowest BCUT2D eigenvalue weighted by molar-refractivity contribution is -0.0337. The number of anilines is 1. The Kier molecular flexibility index (Phi) is 5.17. The molecule has 0 radical (unpaired) electrons. The third kappa shape index (κ3) is 3.73. The lowest BCUT2D eigenvalue weighted by atomic mass is 9.99. The van der Waals surface area contributed by atoms with E-state index in [0.29, 0.717) is 23.3 Å². The summed E-state index contributed by atoms with van der Waals surface area (Å²) in [5.41, 5.74) is 0.968. The molecule has 5 heteroatoms. The second kappa shape index (κ2) is 6.89. The minimum absolute atomic E-state index is 0.272. The molecule has 1 heterocycles. The van der Waals surface area contributed by atoms with Gasteiger partial charge in [-0.3, -0.25) is 0 Å². The number of nitrogens with one attached hydrogen (secondary N) is 1. The van der Waals surface area contributed by atoms with E-state index < -0.39 is 0 Å². The Hall–Kier alpha value is -1.62. The van der Waals surface area contributed by atoms with Gasteiger partial charge in [0.15, 0.2) is 11.5 Å². The summed E-state index contributed by atoms with van der Waals surface area (Å²) in [6.07, 6.45) is 2.52. The van der Waals surface area contributed by atoms with Crippen LogP contribution in [0.5, 0.6) is 17.2 Å². The van der Waals surface area contributed by atoms with Gasteiger partial charge in [-0.05, 0) is 26.7 Å². The average Bonchev–Trinajstić information content (AvgIpc) is 2.45. The van der Waals surface area contributed by atoms with Gasteiger partial charge in [0.2, 0.25) is 5.75 Å². The zero-order chi connectivity index (χ0) is 15.4. The van der Waals surface area contributed by atoms with Crippen LogP contribution < -0.4 is 19.5 Å². The van der Waals surface area contributed by atoms with Crippen LogP contribution in [0.4, 0.5) is 5.69 Å². The van der Waals surface area contributed by atoms with Crippen LogP contribution >= 0.6 is 0 Å². The molecule has 1 aromatic carbocycles. The van der Waals surface area contributed by atoms with Crippen molar-refractivity contribution in [1.29, 1.82) is 0 Å². The second-order valence-corrected chi connectivity index (χ2v) is 5.48. The monoisotopic (exact) mass is 295 g/mol. The van der Waals surface area contributed by atoms with Gasteiger partial charge in [-0.1, -0.05) is 0 Å². The summed E-state index contributed by atoms with van der Waals surface area (Å²) in [6.45, 7) is 4.22. The summed E-state index contributed by atoms with van der Waals surface area (Å²) < 4.78 is 21.9. The molecule has 1 aliphatic heterocycles. The molecule has 0 saturated carbocycles. The van der Waals surface area contributed by atoms with Gasteiger partial charge < -0.3 is 24.3 Å². The first kappa shape index (κ1) is 15.8. The van der Waals surface area contributed by atoms with E-state index in [1.807, 2.05) is 12.1 Å². The van der Waals surface area contributed by atoms with Crippen molar-refractivity contribution in [2.45, 2.75) is 44.9 Å². The largest absolute Gasteiger partial charge is 0.493 e. The van der Waals surface area contributed by atoms with Crippen molar-refractivity contribution in [2.75, 3.05) is 26.6 Å². The molecule has 118 valence electrons. The first-order chi connectivity index (χ1) is 10.1. The summed E-state index contributed by atoms with van der Waals surface area (Å²) in [5.74, 6) is 1.93. The first-order valence-electron chi connectivity index (χ1n) is 7.29. The predicted molar refractivity (Wildman–Crippen MR) is 82.8 cm³/mol. The van der Waals surface area contributed by atoms with Crippen molar-refractivity contribution < 1.29 is 18.9 Å². The van der Waals surface area contributed by atoms with Crippen LogP contribution in [0.15, 0.2) is 12.1 Å². The van der Waals surface area contributed by atoms with Crippen LogP contribution in [0.25, 0.3) is 0 Å². The topological polar surface area (TPSA) is 49.0 Å². The number of hydrogen-bond acceptors (Lipinski definition) is 5. The molecule has 1 aliphatic rings. The molecule has 0 aliphatic carbocycles. The molecule has 1 aromatic rings. The van der Waals surface area contributed by atoms with Crippen LogP contribution in [0.2, 0.25) is 0 Å². The molecule has 1 saturated heterocycles. The zero-order valence-corrected chi connectivity index (χ0v) is 13.4. The van der Waals surface area contributed by atoms with E-state index in [4.69, 9.17) is 18.9 Å². The number of ether oxygens (including phenoxy) is 4. The van der Waals surface area contributed by atoms with Crippen LogP contribution in [0.3, 0.4) is 0 Å². The number of methoxy groups -OCH3 is 3. The molecule has 2 rings (SSSR count). The van der Waals surface area contributed by atoms with Gasteiger partial charge in [0.1, 0.15) is 0 Å². The molecule has 5 nitrogen and oxygen atoms in total. The Morgan fingerprint density at radius 1 is 0.952 bits per heavy atom. The maximum atomic E-state index is 5.77. The third-order valence-corrected chi connectivity index (χ3v) is 3.73. The van der Waals surface area contributed by atoms with Gasteiger partial charge in [0.05, 0.1) is 33.5 Å². The minimum atomic E-state index is 0.272. The van der Waals surface area contributed by atoms with E-state index in [-0.39, 0.29) is 12.2 Å². The van der Waals surface area contributed by atoms with Crippen LogP contribution in [0, 0.1) is 0 Å². The molecule has 0 amide bonds. The summed E-state index contributed by atoms with van der Waals surface area (Å²) in [7, 11) is 4.86. The van der Waals surface area contributed by atoms with Crippen molar-refractivity contribution >= 4 is 5.69 Å². The standard InChI is InChI=1S/C16H25NO4/c1-10-6-12(7-11(2)21-10)17-13-8-14(18-3)16(20-5)15(9-13)19-4/h8-12,17H,6-7H2,1-5H3. The fourth-order valence-corrected chi connectivity index (χ4v) is 2.92. The highest BCUT2D eigenvalue weighted by Gasteiger charge is 2.25. The average molecular weight is 295 g/mol. The van der Waals surface area contributed by atoms with Gasteiger partial charge in [-0.15, -0.1) is 0 Å². The lowest BCUT2D eigenvalue weighted by Gasteiger charge is -2.33. The summed E-state index contributed by atoms with van der Waals surface area (Å²) in [5, 5.41) is 3.55. The maximum absolute atomic E-state index is 5.77. The molecular formula is C16H25NO4. The Labute approximate surface area is 126 Å². The third-order valence-electron chi connectivity index (χ3n) is 3.73. The Balaban J connectivity index is 2.19. The van der Waals surface area contributed by atoms with Crippen molar-refractivity contribution in [3.63, 3.8) is 0 Å². The Morgan fingerprint density at radius 3 is 1.90 bits per heavy atom. The highest BCUT2D eigenvalue weighted by Crippen LogP contribution is 2.40. The minimum Gasteiger partial charge on any atom is -0.493 e. The number of benzene rings is 1. The fourth-order valence-electron chi connectivity index (χ4n) is 2.92. The molecule has 0 spiro atoms. The van der Waals surface area contributed by atoms with Gasteiger partial charge in [-0.25, -0.2) is 0 Å². The lowest BCUT2D eigenvalue weighted by Crippen LogP contribution is -2.36. The molecule has 2 unspecified atom stereocenters. The molecule has 0 aromatic heterocycles. The first-order valence-corrected chi connectivity index (χ1v) is 7.29. The molecule has 2 atom stereocenters. The van der Waals surface area contributed by atoms with Crippen molar-refractivity contribution in [3.8, 4) is 17.2 Å². The smallest absolute Gasteiger partial charge is 0.203 e. The number of hydrogen-bond donors (Lipinski definition) is 1. The normalized spacial score (nSPS) is 25.3. The summed E-state index contributed by atoms with van der Waals surface area (Å²) in [6, 6.07) is 4.25. The SMILES string of the molecule is COc1cc(NC2CC(C)OC(C)C2)cc(OC)c1OC. The number of rotatable bonds is 5. The van der Waals surface area contributed by atoms with Gasteiger partial charge >= 0.3 is 0 Å². The molecular weight excluding hydrogens is 270 g/mol. The molecule has 0 bridgehead atoms. The maximum Gasteiger partial charge on any atom is 0.203 e. The van der Waals surface area contributed by atoms with E-state index in [1.54, 1.807) is 21.3 Å². The van der Waals surface area contributed by atoms with Crippen LogP contribution in [-0.4, -0.2) is 39.6 Å². The Morgan fingerprint density at radius 2 is 1.48 bits per heavy atom. The predicted octanol–water partition coefficient (Wildman–Crippen LogP) is 3.08. The van der Waals surface area contributed by atoms with Gasteiger partial charge in [0.25, 0.3) is 0 Å². The quantitative estimate of drug-likeness (QED) is 0.904. The van der Waals surface area contributed by atoms with E-state index >= 15 is 0 Å². The van der Waals surface area contributed by atoms with E-state index in [2.05, 4.69) is 19.2 Å². The van der Waals surface area contributed by atoms with Gasteiger partial charge in [-0.2, -0.15) is 0 Å². The van der Waals surface area contributed by atoms with Crippen molar-refractivity contribution in [1.82, 2.24) is 0 Å². The summed E-state index contributed by atoms with van der Waals surface area (Å²) >= 11 is 0. The zero-order valence-electron chi connectivity index (χ0n) is 13.4. The van der Waals surface area contributed by atoms with Crippen molar-refractivity contribution in [2.24, 2.45) is 0 Å². The highest BCUT2D eigenvalue weighted by atomic mass is 16.5. The second-order valence-electron chi connectivity index (χ2n) is 5.48. The van der Waals surface area contributed by atoms with Crippen molar-refractivity contribution in [3.05, 3.63) is 12.1 Å². The molecule has 1 fully saturated rings. The van der Waals surface area contributed by atoms with Gasteiger partial charge in [0, 0.05) is 23.9 Å². The fraction of sp³-hybridized carbons (Fsp3) is 0.625. The van der Waals surface area contributed by atoms with E-state index in [1.165, 1.54) is 0 Å². The molecule has 21 heavy (non-hydrogen) atoms. The van der Waals surface area contributed by atoms with Crippen LogP contribution in [0.1, 0.15) is 26.7 Å². The Bertz CT molecular complexity index is 442. The molecule has 1 N–H and O–H groups in total. The van der Waals surface area contributed by atoms with E-state index in [0.717, 1.165) is 18.5 Å². The van der Waals surface area contributed by atoms with Crippen LogP contribution in [-0.2, 0) is 4.74 Å². The highest BCUT2D eigenvalue weighted by molar-refractivity contribution is 5.62. The van der Waals surface area contributed by atoms with E-state index in [9.17, 15) is 0 Å².